The van der Waals surface area contributed by atoms with Crippen molar-refractivity contribution in [1.82, 2.24) is 9.55 Å². The van der Waals surface area contributed by atoms with Gasteiger partial charge in [0.05, 0.1) is 21.9 Å². The van der Waals surface area contributed by atoms with Gasteiger partial charge in [-0.15, -0.1) is 0 Å². The van der Waals surface area contributed by atoms with E-state index < -0.39 is 4.92 Å². The second kappa shape index (κ2) is 8.47. The van der Waals surface area contributed by atoms with Crippen LogP contribution in [0.15, 0.2) is 102 Å². The lowest BCUT2D eigenvalue weighted by Gasteiger charge is -2.09. The molecule has 0 saturated heterocycles. The first-order valence-electron chi connectivity index (χ1n) is 10.4. The van der Waals surface area contributed by atoms with Crippen LogP contribution < -0.4 is 0 Å². The number of aromatic nitrogens is 2. The van der Waals surface area contributed by atoms with E-state index in [0.717, 1.165) is 17.7 Å². The minimum Gasteiger partial charge on any atom is -0.494 e. The number of aliphatic imine (C=N–C) groups is 1. The van der Waals surface area contributed by atoms with Crippen molar-refractivity contribution in [2.75, 3.05) is 0 Å². The van der Waals surface area contributed by atoms with Crippen LogP contribution in [0.3, 0.4) is 0 Å². The molecule has 0 radical (unpaired) electrons. The maximum Gasteiger partial charge on any atom is 0.270 e. The SMILES string of the molecule is O=[N+]([O-])c1ccc2[nH]c(O)c(C(=Nc3ccc(Cn4cccc4)cc3)c3ccccc3)c2c1. The van der Waals surface area contributed by atoms with E-state index in [0.29, 0.717) is 27.9 Å². The van der Waals surface area contributed by atoms with Gasteiger partial charge < -0.3 is 14.7 Å². The number of H-pyrrole nitrogens is 1. The Kier molecular flexibility index (Phi) is 5.20. The molecular formula is C26H20N4O3. The van der Waals surface area contributed by atoms with Crippen LogP contribution in [0, 0.1) is 10.1 Å². The molecule has 5 rings (SSSR count). The average Bonchev–Trinajstić information content (AvgIpc) is 3.45. The van der Waals surface area contributed by atoms with E-state index in [1.165, 1.54) is 12.1 Å². The lowest BCUT2D eigenvalue weighted by atomic mass is 10.0. The normalized spacial score (nSPS) is 11.7. The average molecular weight is 436 g/mol. The minimum absolute atomic E-state index is 0.0514. The van der Waals surface area contributed by atoms with Gasteiger partial charge in [-0.05, 0) is 35.9 Å². The Hall–Kier alpha value is -4.65. The summed E-state index contributed by atoms with van der Waals surface area (Å²) in [6.07, 6.45) is 4.02. The topological polar surface area (TPSA) is 96.4 Å². The molecule has 0 bridgehead atoms. The van der Waals surface area contributed by atoms with Gasteiger partial charge in [0.15, 0.2) is 5.88 Å². The third kappa shape index (κ3) is 4.12. The fourth-order valence-corrected chi connectivity index (χ4v) is 3.87. The second-order valence-corrected chi connectivity index (χ2v) is 7.68. The highest BCUT2D eigenvalue weighted by atomic mass is 16.6. The van der Waals surface area contributed by atoms with E-state index >= 15 is 0 Å². The summed E-state index contributed by atoms with van der Waals surface area (Å²) in [6, 6.07) is 25.8. The summed E-state index contributed by atoms with van der Waals surface area (Å²) >= 11 is 0. The first-order chi connectivity index (χ1) is 16.1. The summed E-state index contributed by atoms with van der Waals surface area (Å²) < 4.78 is 2.09. The van der Waals surface area contributed by atoms with Crippen LogP contribution in [0.1, 0.15) is 16.7 Å². The molecule has 0 aliphatic heterocycles. The molecule has 0 amide bonds. The highest BCUT2D eigenvalue weighted by molar-refractivity contribution is 6.22. The van der Waals surface area contributed by atoms with Crippen LogP contribution in [0.25, 0.3) is 10.9 Å². The molecule has 0 spiro atoms. The smallest absolute Gasteiger partial charge is 0.270 e. The number of nitro benzene ring substituents is 1. The van der Waals surface area contributed by atoms with Crippen molar-refractivity contribution < 1.29 is 10.0 Å². The number of hydrogen-bond acceptors (Lipinski definition) is 4. The molecule has 0 aliphatic rings. The van der Waals surface area contributed by atoms with Gasteiger partial charge in [-0.25, -0.2) is 4.99 Å². The number of nitro groups is 1. The van der Waals surface area contributed by atoms with Crippen LogP contribution in [-0.2, 0) is 6.54 Å². The van der Waals surface area contributed by atoms with Gasteiger partial charge in [-0.1, -0.05) is 42.5 Å². The predicted molar refractivity (Wildman–Crippen MR) is 128 cm³/mol. The largest absolute Gasteiger partial charge is 0.494 e. The zero-order valence-electron chi connectivity index (χ0n) is 17.6. The second-order valence-electron chi connectivity index (χ2n) is 7.68. The maximum absolute atomic E-state index is 11.3. The highest BCUT2D eigenvalue weighted by Crippen LogP contribution is 2.33. The molecular weight excluding hydrogens is 416 g/mol. The Bertz CT molecular complexity index is 1450. The number of nitrogens with one attached hydrogen (secondary N) is 1. The van der Waals surface area contributed by atoms with Crippen molar-refractivity contribution in [3.8, 4) is 5.88 Å². The Morgan fingerprint density at radius 3 is 2.39 bits per heavy atom. The number of fused-ring (bicyclic) bond motifs is 1. The van der Waals surface area contributed by atoms with Gasteiger partial charge in [0.2, 0.25) is 0 Å². The van der Waals surface area contributed by atoms with Gasteiger partial charge in [-0.3, -0.25) is 10.1 Å². The van der Waals surface area contributed by atoms with Crippen LogP contribution >= 0.6 is 0 Å². The van der Waals surface area contributed by atoms with Crippen molar-refractivity contribution in [1.29, 1.82) is 0 Å². The number of aromatic amines is 1. The van der Waals surface area contributed by atoms with Crippen LogP contribution in [0.2, 0.25) is 0 Å². The van der Waals surface area contributed by atoms with Crippen molar-refractivity contribution >= 4 is 28.0 Å². The molecule has 33 heavy (non-hydrogen) atoms. The molecule has 0 aliphatic carbocycles. The van der Waals surface area contributed by atoms with Crippen molar-refractivity contribution in [3.05, 3.63) is 124 Å². The zero-order valence-corrected chi connectivity index (χ0v) is 17.6. The lowest BCUT2D eigenvalue weighted by Crippen LogP contribution is -2.03. The van der Waals surface area contributed by atoms with Gasteiger partial charge in [-0.2, -0.15) is 0 Å². The van der Waals surface area contributed by atoms with E-state index in [9.17, 15) is 15.2 Å². The summed E-state index contributed by atoms with van der Waals surface area (Å²) in [5.74, 6) is -0.0858. The van der Waals surface area contributed by atoms with E-state index in [2.05, 4.69) is 9.55 Å². The minimum atomic E-state index is -0.448. The molecule has 2 aromatic heterocycles. The first kappa shape index (κ1) is 20.3. The van der Waals surface area contributed by atoms with E-state index in [1.807, 2.05) is 79.1 Å². The molecule has 0 fully saturated rings. The molecule has 3 aromatic carbocycles. The number of nitrogens with zero attached hydrogens (tertiary/aromatic N) is 3. The first-order valence-corrected chi connectivity index (χ1v) is 10.4. The summed E-state index contributed by atoms with van der Waals surface area (Å²) in [5.41, 5.74) is 4.13. The Balaban J connectivity index is 1.62. The summed E-state index contributed by atoms with van der Waals surface area (Å²) in [5, 5.41) is 22.6. The fraction of sp³-hybridized carbons (Fsp3) is 0.0385. The Morgan fingerprint density at radius 2 is 1.70 bits per heavy atom. The van der Waals surface area contributed by atoms with Crippen LogP contribution in [0.4, 0.5) is 11.4 Å². The van der Waals surface area contributed by atoms with Crippen molar-refractivity contribution in [2.24, 2.45) is 4.99 Å². The summed E-state index contributed by atoms with van der Waals surface area (Å²) in [7, 11) is 0. The third-order valence-electron chi connectivity index (χ3n) is 5.47. The monoisotopic (exact) mass is 436 g/mol. The molecule has 2 N–H and O–H groups in total. The zero-order chi connectivity index (χ0) is 22.8. The van der Waals surface area contributed by atoms with Crippen LogP contribution in [0.5, 0.6) is 5.88 Å². The van der Waals surface area contributed by atoms with Gasteiger partial charge in [0, 0.05) is 47.5 Å². The lowest BCUT2D eigenvalue weighted by molar-refractivity contribution is -0.384. The summed E-state index contributed by atoms with van der Waals surface area (Å²) in [6.45, 7) is 0.759. The molecule has 2 heterocycles. The number of aromatic hydroxyl groups is 1. The van der Waals surface area contributed by atoms with Crippen molar-refractivity contribution in [3.63, 3.8) is 0 Å². The fourth-order valence-electron chi connectivity index (χ4n) is 3.87. The van der Waals surface area contributed by atoms with Gasteiger partial charge >= 0.3 is 0 Å². The third-order valence-corrected chi connectivity index (χ3v) is 5.47. The number of rotatable bonds is 6. The van der Waals surface area contributed by atoms with Crippen molar-refractivity contribution in [2.45, 2.75) is 6.54 Å². The Morgan fingerprint density at radius 1 is 0.970 bits per heavy atom. The molecule has 5 aromatic rings. The van der Waals surface area contributed by atoms with Crippen LogP contribution in [-0.4, -0.2) is 25.3 Å². The van der Waals surface area contributed by atoms with Gasteiger partial charge in [0.25, 0.3) is 5.69 Å². The number of non-ortho nitro benzene ring substituents is 1. The Labute approximate surface area is 189 Å². The predicted octanol–water partition coefficient (Wildman–Crippen LogP) is 5.80. The molecule has 0 atom stereocenters. The molecule has 7 nitrogen and oxygen atoms in total. The molecule has 0 saturated carbocycles. The number of benzene rings is 3. The molecule has 7 heteroatoms. The quantitative estimate of drug-likeness (QED) is 0.200. The number of hydrogen-bond donors (Lipinski definition) is 2. The van der Waals surface area contributed by atoms with E-state index in [4.69, 9.17) is 4.99 Å². The van der Waals surface area contributed by atoms with E-state index in [-0.39, 0.29) is 11.6 Å². The highest BCUT2D eigenvalue weighted by Gasteiger charge is 2.20. The molecule has 0 unspecified atom stereocenters. The summed E-state index contributed by atoms with van der Waals surface area (Å²) in [4.78, 5) is 18.7. The van der Waals surface area contributed by atoms with Gasteiger partial charge in [0.1, 0.15) is 0 Å². The standard InChI is InChI=1S/C26H20N4O3/c31-26-24(22-16-21(30(32)33)12-13-23(22)28-26)25(19-6-2-1-3-7-19)27-20-10-8-18(9-11-20)17-29-14-4-5-15-29/h1-16,28,31H,17H2. The maximum atomic E-state index is 11.3. The molecule has 162 valence electrons. The van der Waals surface area contributed by atoms with E-state index in [1.54, 1.807) is 6.07 Å².